The number of Topliss-reactive ketones (excluding diaryl/α,β-unsaturated/α-hetero) is 2. The van der Waals surface area contributed by atoms with Gasteiger partial charge < -0.3 is 0 Å². The van der Waals surface area contributed by atoms with Crippen LogP contribution in [0.25, 0.3) is 0 Å². The maximum absolute atomic E-state index is 11.3. The van der Waals surface area contributed by atoms with Crippen molar-refractivity contribution >= 4 is 11.6 Å². The van der Waals surface area contributed by atoms with Gasteiger partial charge in [-0.3, -0.25) is 9.59 Å². The SMILES string of the molecule is O=C1CC[C@H]2C(=O)CCC[C@@H]12. The number of fused-ring (bicyclic) bond motifs is 1. The predicted octanol–water partition coefficient (Wildman–Crippen LogP) is 1.33. The normalized spacial score (nSPS) is 37.5. The van der Waals surface area contributed by atoms with Crippen molar-refractivity contribution in [2.75, 3.05) is 0 Å². The third-order valence-electron chi connectivity index (χ3n) is 2.95. The van der Waals surface area contributed by atoms with E-state index >= 15 is 0 Å². The highest BCUT2D eigenvalue weighted by Crippen LogP contribution is 2.37. The van der Waals surface area contributed by atoms with E-state index in [9.17, 15) is 9.59 Å². The Balaban J connectivity index is 2.19. The molecule has 60 valence electrons. The lowest BCUT2D eigenvalue weighted by Crippen LogP contribution is -2.26. The Morgan fingerprint density at radius 3 is 2.27 bits per heavy atom. The first-order chi connectivity index (χ1) is 5.29. The second-order valence-corrected chi connectivity index (χ2v) is 3.58. The van der Waals surface area contributed by atoms with Crippen LogP contribution in [0.3, 0.4) is 0 Å². The maximum Gasteiger partial charge on any atom is 0.136 e. The van der Waals surface area contributed by atoms with Crippen LogP contribution in [0.2, 0.25) is 0 Å². The Bertz CT molecular complexity index is 208. The van der Waals surface area contributed by atoms with Crippen LogP contribution in [0, 0.1) is 11.8 Å². The maximum atomic E-state index is 11.3. The van der Waals surface area contributed by atoms with Crippen LogP contribution < -0.4 is 0 Å². The average Bonchev–Trinajstić information content (AvgIpc) is 2.35. The molecule has 0 aromatic heterocycles. The van der Waals surface area contributed by atoms with Crippen LogP contribution in [-0.4, -0.2) is 11.6 Å². The molecule has 11 heavy (non-hydrogen) atoms. The van der Waals surface area contributed by atoms with Crippen LogP contribution in [0.15, 0.2) is 0 Å². The lowest BCUT2D eigenvalue weighted by Gasteiger charge is -2.21. The van der Waals surface area contributed by atoms with Crippen LogP contribution in [-0.2, 0) is 9.59 Å². The molecule has 2 nitrogen and oxygen atoms in total. The fraction of sp³-hybridized carbons (Fsp3) is 0.778. The predicted molar refractivity (Wildman–Crippen MR) is 40.1 cm³/mol. The molecule has 0 bridgehead atoms. The summed E-state index contributed by atoms with van der Waals surface area (Å²) in [6, 6.07) is 0. The highest BCUT2D eigenvalue weighted by atomic mass is 16.1. The Hall–Kier alpha value is -0.660. The first kappa shape index (κ1) is 7.01. The minimum absolute atomic E-state index is 0.122. The van der Waals surface area contributed by atoms with Gasteiger partial charge in [0.25, 0.3) is 0 Å². The van der Waals surface area contributed by atoms with E-state index in [1.807, 2.05) is 0 Å². The number of carbonyl (C=O) groups is 2. The Kier molecular flexibility index (Phi) is 1.55. The zero-order valence-corrected chi connectivity index (χ0v) is 6.51. The van der Waals surface area contributed by atoms with Crippen molar-refractivity contribution in [3.05, 3.63) is 0 Å². The molecule has 2 rings (SSSR count). The number of ketones is 2. The van der Waals surface area contributed by atoms with Crippen LogP contribution in [0.1, 0.15) is 32.1 Å². The van der Waals surface area contributed by atoms with Gasteiger partial charge in [0, 0.05) is 24.7 Å². The molecule has 0 aromatic rings. The zero-order chi connectivity index (χ0) is 7.84. The molecular formula is C9H12O2. The Morgan fingerprint density at radius 2 is 1.55 bits per heavy atom. The molecular weight excluding hydrogens is 140 g/mol. The summed E-state index contributed by atoms with van der Waals surface area (Å²) in [7, 11) is 0. The van der Waals surface area contributed by atoms with E-state index in [1.165, 1.54) is 0 Å². The highest BCUT2D eigenvalue weighted by molar-refractivity contribution is 5.93. The summed E-state index contributed by atoms with van der Waals surface area (Å²) in [5.74, 6) is 0.919. The van der Waals surface area contributed by atoms with E-state index in [-0.39, 0.29) is 11.8 Å². The van der Waals surface area contributed by atoms with Gasteiger partial charge in [0.2, 0.25) is 0 Å². The molecule has 0 heterocycles. The second-order valence-electron chi connectivity index (χ2n) is 3.58. The van der Waals surface area contributed by atoms with Gasteiger partial charge in [-0.05, 0) is 19.3 Å². The number of hydrogen-bond acceptors (Lipinski definition) is 2. The van der Waals surface area contributed by atoms with E-state index in [0.717, 1.165) is 19.3 Å². The molecule has 2 atom stereocenters. The molecule has 2 aliphatic rings. The van der Waals surface area contributed by atoms with Crippen LogP contribution in [0.5, 0.6) is 0 Å². The average molecular weight is 152 g/mol. The number of rotatable bonds is 0. The minimum Gasteiger partial charge on any atom is -0.299 e. The Labute approximate surface area is 66.0 Å². The zero-order valence-electron chi connectivity index (χ0n) is 6.51. The molecule has 0 spiro atoms. The van der Waals surface area contributed by atoms with Gasteiger partial charge in [0.1, 0.15) is 11.6 Å². The minimum atomic E-state index is 0.122. The summed E-state index contributed by atoms with van der Waals surface area (Å²) >= 11 is 0. The molecule has 2 fully saturated rings. The third kappa shape index (κ3) is 1.01. The van der Waals surface area contributed by atoms with Crippen LogP contribution in [0.4, 0.5) is 0 Å². The molecule has 2 heteroatoms. The fourth-order valence-corrected chi connectivity index (χ4v) is 2.34. The summed E-state index contributed by atoms with van der Waals surface area (Å²) in [6.45, 7) is 0. The first-order valence-corrected chi connectivity index (χ1v) is 4.34. The monoisotopic (exact) mass is 152 g/mol. The lowest BCUT2D eigenvalue weighted by atomic mass is 9.80. The van der Waals surface area contributed by atoms with Crippen molar-refractivity contribution in [3.8, 4) is 0 Å². The van der Waals surface area contributed by atoms with Crippen LogP contribution >= 0.6 is 0 Å². The molecule has 2 saturated carbocycles. The van der Waals surface area contributed by atoms with Gasteiger partial charge >= 0.3 is 0 Å². The van der Waals surface area contributed by atoms with E-state index in [0.29, 0.717) is 24.4 Å². The van der Waals surface area contributed by atoms with Gasteiger partial charge in [0.05, 0.1) is 0 Å². The summed E-state index contributed by atoms with van der Waals surface area (Å²) < 4.78 is 0. The highest BCUT2D eigenvalue weighted by Gasteiger charge is 2.40. The van der Waals surface area contributed by atoms with Gasteiger partial charge in [-0.25, -0.2) is 0 Å². The lowest BCUT2D eigenvalue weighted by molar-refractivity contribution is -0.130. The van der Waals surface area contributed by atoms with Gasteiger partial charge in [-0.1, -0.05) is 0 Å². The molecule has 0 amide bonds. The molecule has 0 radical (unpaired) electrons. The summed E-state index contributed by atoms with van der Waals surface area (Å²) in [5.41, 5.74) is 0. The smallest absolute Gasteiger partial charge is 0.136 e. The summed E-state index contributed by atoms with van der Waals surface area (Å²) in [5, 5.41) is 0. The Morgan fingerprint density at radius 1 is 0.909 bits per heavy atom. The summed E-state index contributed by atoms with van der Waals surface area (Å²) in [4.78, 5) is 22.5. The van der Waals surface area contributed by atoms with Crippen molar-refractivity contribution in [2.24, 2.45) is 11.8 Å². The largest absolute Gasteiger partial charge is 0.299 e. The van der Waals surface area contributed by atoms with Crippen molar-refractivity contribution in [3.63, 3.8) is 0 Å². The number of hydrogen-bond donors (Lipinski definition) is 0. The second kappa shape index (κ2) is 2.43. The van der Waals surface area contributed by atoms with Crippen molar-refractivity contribution in [1.29, 1.82) is 0 Å². The van der Waals surface area contributed by atoms with Crippen molar-refractivity contribution in [1.82, 2.24) is 0 Å². The molecule has 2 aliphatic carbocycles. The molecule has 0 aromatic carbocycles. The van der Waals surface area contributed by atoms with Crippen molar-refractivity contribution in [2.45, 2.75) is 32.1 Å². The molecule has 0 aliphatic heterocycles. The topological polar surface area (TPSA) is 34.1 Å². The molecule has 0 saturated heterocycles. The first-order valence-electron chi connectivity index (χ1n) is 4.34. The fourth-order valence-electron chi connectivity index (χ4n) is 2.34. The quantitative estimate of drug-likeness (QED) is 0.524. The van der Waals surface area contributed by atoms with E-state index in [4.69, 9.17) is 0 Å². The standard InChI is InChI=1S/C9H12O2/c10-8-3-1-2-6-7(8)4-5-9(6)11/h6-7H,1-5H2/t6-,7-/m1/s1. The number of carbonyl (C=O) groups excluding carboxylic acids is 2. The van der Waals surface area contributed by atoms with Gasteiger partial charge in [0.15, 0.2) is 0 Å². The van der Waals surface area contributed by atoms with Gasteiger partial charge in [-0.15, -0.1) is 0 Å². The summed E-state index contributed by atoms with van der Waals surface area (Å²) in [6.07, 6.45) is 4.11. The van der Waals surface area contributed by atoms with Gasteiger partial charge in [-0.2, -0.15) is 0 Å². The van der Waals surface area contributed by atoms with E-state index < -0.39 is 0 Å². The van der Waals surface area contributed by atoms with E-state index in [2.05, 4.69) is 0 Å². The third-order valence-corrected chi connectivity index (χ3v) is 2.95. The molecule has 0 unspecified atom stereocenters. The van der Waals surface area contributed by atoms with E-state index in [1.54, 1.807) is 0 Å². The van der Waals surface area contributed by atoms with Crippen molar-refractivity contribution < 1.29 is 9.59 Å². The molecule has 0 N–H and O–H groups in total.